The number of aliphatic carboxylic acids is 1. The predicted octanol–water partition coefficient (Wildman–Crippen LogP) is 0.145. The molecule has 0 radical (unpaired) electrons. The summed E-state index contributed by atoms with van der Waals surface area (Å²) in [5, 5.41) is 12.1. The minimum atomic E-state index is -0.684. The summed E-state index contributed by atoms with van der Waals surface area (Å²) in [6, 6.07) is 0.705. The molecule has 4 nitrogen and oxygen atoms in total. The van der Waals surface area contributed by atoms with E-state index in [1.165, 1.54) is 12.8 Å². The average Bonchev–Trinajstić information content (AvgIpc) is 2.61. The van der Waals surface area contributed by atoms with E-state index in [0.29, 0.717) is 6.04 Å². The van der Waals surface area contributed by atoms with Crippen LogP contribution in [0.15, 0.2) is 0 Å². The highest BCUT2D eigenvalue weighted by atomic mass is 16.4. The Labute approximate surface area is 84.3 Å². The Morgan fingerprint density at radius 1 is 1.50 bits per heavy atom. The van der Waals surface area contributed by atoms with Crippen LogP contribution in [0.5, 0.6) is 0 Å². The lowest BCUT2D eigenvalue weighted by Crippen LogP contribution is -2.44. The van der Waals surface area contributed by atoms with E-state index in [2.05, 4.69) is 10.2 Å². The zero-order valence-electron chi connectivity index (χ0n) is 8.41. The van der Waals surface area contributed by atoms with Crippen LogP contribution in [0.2, 0.25) is 0 Å². The number of hydrogen-bond acceptors (Lipinski definition) is 3. The van der Waals surface area contributed by atoms with Crippen molar-refractivity contribution < 1.29 is 9.90 Å². The molecular weight excluding hydrogens is 180 g/mol. The van der Waals surface area contributed by atoms with Crippen molar-refractivity contribution in [2.24, 2.45) is 5.92 Å². The van der Waals surface area contributed by atoms with Crippen LogP contribution in [0.25, 0.3) is 0 Å². The molecule has 4 heteroatoms. The second kappa shape index (κ2) is 4.28. The predicted molar refractivity (Wildman–Crippen MR) is 53.2 cm³/mol. The molecule has 2 heterocycles. The highest BCUT2D eigenvalue weighted by molar-refractivity contribution is 5.66. The molecule has 0 saturated carbocycles. The second-order valence-electron chi connectivity index (χ2n) is 4.34. The van der Waals surface area contributed by atoms with Gasteiger partial charge in [0.15, 0.2) is 0 Å². The monoisotopic (exact) mass is 198 g/mol. The summed E-state index contributed by atoms with van der Waals surface area (Å²) in [5.41, 5.74) is 0. The van der Waals surface area contributed by atoms with Gasteiger partial charge in [-0.15, -0.1) is 0 Å². The van der Waals surface area contributed by atoms with Crippen LogP contribution in [-0.2, 0) is 4.79 Å². The average molecular weight is 198 g/mol. The Bertz CT molecular complexity index is 220. The fourth-order valence-corrected chi connectivity index (χ4v) is 2.58. The number of nitrogens with one attached hydrogen (secondary N) is 1. The molecule has 14 heavy (non-hydrogen) atoms. The van der Waals surface area contributed by atoms with E-state index in [1.54, 1.807) is 0 Å². The summed E-state index contributed by atoms with van der Waals surface area (Å²) in [6.45, 7) is 4.01. The van der Waals surface area contributed by atoms with E-state index in [-0.39, 0.29) is 6.42 Å². The fourth-order valence-electron chi connectivity index (χ4n) is 2.58. The van der Waals surface area contributed by atoms with Gasteiger partial charge in [-0.05, 0) is 31.8 Å². The van der Waals surface area contributed by atoms with Crippen LogP contribution in [0.4, 0.5) is 0 Å². The van der Waals surface area contributed by atoms with Gasteiger partial charge in [0.05, 0.1) is 6.42 Å². The summed E-state index contributed by atoms with van der Waals surface area (Å²) in [4.78, 5) is 12.7. The number of fused-ring (bicyclic) bond motifs is 1. The molecule has 0 aromatic carbocycles. The van der Waals surface area contributed by atoms with Crippen LogP contribution >= 0.6 is 0 Å². The zero-order valence-corrected chi connectivity index (χ0v) is 8.41. The van der Waals surface area contributed by atoms with E-state index in [1.807, 2.05) is 0 Å². The van der Waals surface area contributed by atoms with Gasteiger partial charge in [-0.25, -0.2) is 0 Å². The Morgan fingerprint density at radius 3 is 3.14 bits per heavy atom. The molecule has 80 valence electrons. The summed E-state index contributed by atoms with van der Waals surface area (Å²) in [5.74, 6) is 0.0780. The second-order valence-corrected chi connectivity index (χ2v) is 4.34. The Morgan fingerprint density at radius 2 is 2.36 bits per heavy atom. The van der Waals surface area contributed by atoms with Crippen molar-refractivity contribution in [3.63, 3.8) is 0 Å². The van der Waals surface area contributed by atoms with Gasteiger partial charge in [0.2, 0.25) is 0 Å². The molecule has 2 fully saturated rings. The van der Waals surface area contributed by atoms with Gasteiger partial charge in [0.25, 0.3) is 0 Å². The third-order valence-electron chi connectivity index (χ3n) is 3.38. The first-order valence-corrected chi connectivity index (χ1v) is 5.43. The number of hydrogen-bond donors (Lipinski definition) is 2. The standard InChI is InChI=1S/C10H18N2O2/c13-10(14)3-6-12-5-2-9-8(7-12)1-4-11-9/h8-9,11H,1-7H2,(H,13,14). The van der Waals surface area contributed by atoms with E-state index in [4.69, 9.17) is 5.11 Å². The van der Waals surface area contributed by atoms with Gasteiger partial charge < -0.3 is 15.3 Å². The van der Waals surface area contributed by atoms with Gasteiger partial charge in [0.1, 0.15) is 0 Å². The molecule has 0 bridgehead atoms. The lowest BCUT2D eigenvalue weighted by atomic mass is 9.93. The summed E-state index contributed by atoms with van der Waals surface area (Å²) < 4.78 is 0. The van der Waals surface area contributed by atoms with Crippen LogP contribution in [0, 0.1) is 5.92 Å². The number of piperidine rings is 1. The third kappa shape index (κ3) is 2.25. The summed E-state index contributed by atoms with van der Waals surface area (Å²) >= 11 is 0. The number of nitrogens with zero attached hydrogens (tertiary/aromatic N) is 1. The highest BCUT2D eigenvalue weighted by Crippen LogP contribution is 2.24. The van der Waals surface area contributed by atoms with Crippen molar-refractivity contribution in [2.75, 3.05) is 26.2 Å². The molecule has 2 unspecified atom stereocenters. The molecule has 0 aromatic heterocycles. The van der Waals surface area contributed by atoms with Crippen molar-refractivity contribution in [1.29, 1.82) is 0 Å². The first-order valence-electron chi connectivity index (χ1n) is 5.43. The molecule has 0 amide bonds. The minimum absolute atomic E-state index is 0.283. The molecular formula is C10H18N2O2. The van der Waals surface area contributed by atoms with Crippen LogP contribution in [-0.4, -0.2) is 48.2 Å². The van der Waals surface area contributed by atoms with Crippen molar-refractivity contribution in [1.82, 2.24) is 10.2 Å². The van der Waals surface area contributed by atoms with Crippen LogP contribution < -0.4 is 5.32 Å². The summed E-state index contributed by atoms with van der Waals surface area (Å²) in [7, 11) is 0. The van der Waals surface area contributed by atoms with Gasteiger partial charge in [0, 0.05) is 19.1 Å². The first kappa shape index (κ1) is 9.93. The lowest BCUT2D eigenvalue weighted by Gasteiger charge is -2.34. The quantitative estimate of drug-likeness (QED) is 0.677. The Kier molecular flexibility index (Phi) is 3.03. The zero-order chi connectivity index (χ0) is 9.97. The lowest BCUT2D eigenvalue weighted by molar-refractivity contribution is -0.137. The molecule has 2 N–H and O–H groups in total. The number of rotatable bonds is 3. The number of carboxylic acids is 1. The van der Waals surface area contributed by atoms with Crippen LogP contribution in [0.3, 0.4) is 0 Å². The SMILES string of the molecule is O=C(O)CCN1CCC2NCCC2C1. The molecule has 2 aliphatic heterocycles. The van der Waals surface area contributed by atoms with Crippen molar-refractivity contribution in [3.8, 4) is 0 Å². The topological polar surface area (TPSA) is 52.6 Å². The smallest absolute Gasteiger partial charge is 0.304 e. The molecule has 0 spiro atoms. The van der Waals surface area contributed by atoms with E-state index in [0.717, 1.165) is 32.1 Å². The maximum absolute atomic E-state index is 10.4. The van der Waals surface area contributed by atoms with Gasteiger partial charge in [-0.3, -0.25) is 4.79 Å². The Balaban J connectivity index is 1.77. The molecule has 2 aliphatic rings. The third-order valence-corrected chi connectivity index (χ3v) is 3.38. The van der Waals surface area contributed by atoms with Crippen molar-refractivity contribution >= 4 is 5.97 Å². The van der Waals surface area contributed by atoms with E-state index >= 15 is 0 Å². The van der Waals surface area contributed by atoms with Crippen molar-refractivity contribution in [2.45, 2.75) is 25.3 Å². The van der Waals surface area contributed by atoms with E-state index in [9.17, 15) is 4.79 Å². The number of likely N-dealkylation sites (tertiary alicyclic amines) is 1. The van der Waals surface area contributed by atoms with E-state index < -0.39 is 5.97 Å². The van der Waals surface area contributed by atoms with Crippen LogP contribution in [0.1, 0.15) is 19.3 Å². The maximum atomic E-state index is 10.4. The van der Waals surface area contributed by atoms with Gasteiger partial charge in [-0.2, -0.15) is 0 Å². The number of carbonyl (C=O) groups is 1. The first-order chi connectivity index (χ1) is 6.75. The molecule has 2 rings (SSSR count). The normalized spacial score (nSPS) is 32.9. The molecule has 2 atom stereocenters. The van der Waals surface area contributed by atoms with Crippen molar-refractivity contribution in [3.05, 3.63) is 0 Å². The maximum Gasteiger partial charge on any atom is 0.304 e. The fraction of sp³-hybridized carbons (Fsp3) is 0.900. The largest absolute Gasteiger partial charge is 0.481 e. The minimum Gasteiger partial charge on any atom is -0.481 e. The number of carboxylic acid groups (broad SMARTS) is 1. The highest BCUT2D eigenvalue weighted by Gasteiger charge is 2.32. The Hall–Kier alpha value is -0.610. The molecule has 2 saturated heterocycles. The molecule has 0 aromatic rings. The van der Waals surface area contributed by atoms with Gasteiger partial charge in [-0.1, -0.05) is 0 Å². The summed E-state index contributed by atoms with van der Waals surface area (Å²) in [6.07, 6.45) is 2.73. The molecule has 0 aliphatic carbocycles. The van der Waals surface area contributed by atoms with Gasteiger partial charge >= 0.3 is 5.97 Å².